The lowest BCUT2D eigenvalue weighted by Crippen LogP contribution is -2.36. The first kappa shape index (κ1) is 11.6. The molecule has 1 fully saturated rings. The largest absolute Gasteiger partial charge is 0.380 e. The molecule has 1 aromatic heterocycles. The van der Waals surface area contributed by atoms with Crippen LogP contribution < -0.4 is 5.32 Å². The van der Waals surface area contributed by atoms with E-state index in [1.54, 1.807) is 0 Å². The van der Waals surface area contributed by atoms with Crippen molar-refractivity contribution in [2.75, 3.05) is 13.2 Å². The van der Waals surface area contributed by atoms with Gasteiger partial charge in [-0.3, -0.25) is 4.98 Å². The first-order valence-corrected chi connectivity index (χ1v) is 6.57. The van der Waals surface area contributed by atoms with Gasteiger partial charge in [0.05, 0.1) is 17.8 Å². The van der Waals surface area contributed by atoms with E-state index < -0.39 is 0 Å². The second-order valence-corrected chi connectivity index (χ2v) is 4.79. The zero-order valence-corrected chi connectivity index (χ0v) is 10.4. The molecule has 2 heterocycles. The molecule has 0 radical (unpaired) electrons. The van der Waals surface area contributed by atoms with Crippen LogP contribution in [-0.2, 0) is 11.3 Å². The molecular formula is C15H18N2O. The number of hydrogen-bond acceptors (Lipinski definition) is 3. The van der Waals surface area contributed by atoms with E-state index in [2.05, 4.69) is 34.6 Å². The van der Waals surface area contributed by atoms with Crippen LogP contribution in [0.2, 0.25) is 0 Å². The summed E-state index contributed by atoms with van der Waals surface area (Å²) in [5, 5.41) is 4.71. The molecule has 1 aliphatic heterocycles. The molecule has 1 aliphatic rings. The molecule has 0 saturated carbocycles. The molecule has 1 atom stereocenters. The fraction of sp³-hybridized carbons (Fsp3) is 0.400. The highest BCUT2D eigenvalue weighted by atomic mass is 16.5. The minimum absolute atomic E-state index is 0.479. The number of benzene rings is 1. The molecule has 3 nitrogen and oxygen atoms in total. The molecule has 3 heteroatoms. The first-order valence-electron chi connectivity index (χ1n) is 6.57. The van der Waals surface area contributed by atoms with Crippen LogP contribution in [0.15, 0.2) is 36.4 Å². The molecule has 0 bridgehead atoms. The number of rotatable bonds is 3. The Morgan fingerprint density at radius 2 is 2.17 bits per heavy atom. The highest BCUT2D eigenvalue weighted by molar-refractivity contribution is 5.78. The van der Waals surface area contributed by atoms with Gasteiger partial charge < -0.3 is 10.1 Å². The van der Waals surface area contributed by atoms with E-state index in [4.69, 9.17) is 4.74 Å². The van der Waals surface area contributed by atoms with E-state index in [1.807, 2.05) is 12.1 Å². The fourth-order valence-electron chi connectivity index (χ4n) is 2.36. The number of nitrogens with zero attached hydrogens (tertiary/aromatic N) is 1. The maximum Gasteiger partial charge on any atom is 0.0705 e. The molecule has 0 aliphatic carbocycles. The lowest BCUT2D eigenvalue weighted by molar-refractivity contribution is 0.0698. The molecule has 1 saturated heterocycles. The predicted octanol–water partition coefficient (Wildman–Crippen LogP) is 2.50. The van der Waals surface area contributed by atoms with Gasteiger partial charge in [0, 0.05) is 24.6 Å². The summed E-state index contributed by atoms with van der Waals surface area (Å²) in [6.07, 6.45) is 2.36. The maximum atomic E-state index is 5.46. The standard InChI is InChI=1S/C15H18N2O/c1-2-6-15-12(4-1)7-8-13(17-15)10-16-14-5-3-9-18-11-14/h1-2,4,6-8,14,16H,3,5,9-11H2. The van der Waals surface area contributed by atoms with E-state index >= 15 is 0 Å². The van der Waals surface area contributed by atoms with Crippen molar-refractivity contribution in [2.45, 2.75) is 25.4 Å². The Balaban J connectivity index is 1.66. The van der Waals surface area contributed by atoms with Crippen molar-refractivity contribution < 1.29 is 4.74 Å². The van der Waals surface area contributed by atoms with Gasteiger partial charge in [-0.25, -0.2) is 0 Å². The number of hydrogen-bond donors (Lipinski definition) is 1. The minimum Gasteiger partial charge on any atom is -0.380 e. The normalized spacial score (nSPS) is 20.1. The van der Waals surface area contributed by atoms with Crippen molar-refractivity contribution in [1.29, 1.82) is 0 Å². The Bertz CT molecular complexity index is 521. The number of ether oxygens (including phenoxy) is 1. The van der Waals surface area contributed by atoms with Crippen LogP contribution in [0.1, 0.15) is 18.5 Å². The van der Waals surface area contributed by atoms with Gasteiger partial charge in [-0.05, 0) is 25.0 Å². The minimum atomic E-state index is 0.479. The summed E-state index contributed by atoms with van der Waals surface area (Å²) >= 11 is 0. The van der Waals surface area contributed by atoms with Gasteiger partial charge in [-0.2, -0.15) is 0 Å². The molecule has 0 amide bonds. The summed E-state index contributed by atoms with van der Waals surface area (Å²) in [5.41, 5.74) is 2.16. The fourth-order valence-corrected chi connectivity index (χ4v) is 2.36. The van der Waals surface area contributed by atoms with Crippen molar-refractivity contribution in [3.63, 3.8) is 0 Å². The van der Waals surface area contributed by atoms with Crippen molar-refractivity contribution >= 4 is 10.9 Å². The van der Waals surface area contributed by atoms with Gasteiger partial charge in [0.2, 0.25) is 0 Å². The summed E-state index contributed by atoms with van der Waals surface area (Å²) < 4.78 is 5.46. The second kappa shape index (κ2) is 5.46. The second-order valence-electron chi connectivity index (χ2n) is 4.79. The zero-order chi connectivity index (χ0) is 12.2. The summed E-state index contributed by atoms with van der Waals surface area (Å²) in [5.74, 6) is 0. The summed E-state index contributed by atoms with van der Waals surface area (Å²) in [7, 11) is 0. The highest BCUT2D eigenvalue weighted by Gasteiger charge is 2.12. The smallest absolute Gasteiger partial charge is 0.0705 e. The third kappa shape index (κ3) is 2.68. The Labute approximate surface area is 107 Å². The zero-order valence-electron chi connectivity index (χ0n) is 10.4. The molecule has 3 rings (SSSR count). The average Bonchev–Trinajstić information content (AvgIpc) is 2.46. The van der Waals surface area contributed by atoms with Gasteiger partial charge in [0.25, 0.3) is 0 Å². The van der Waals surface area contributed by atoms with Crippen LogP contribution in [0.3, 0.4) is 0 Å². The van der Waals surface area contributed by atoms with Gasteiger partial charge in [0.1, 0.15) is 0 Å². The van der Waals surface area contributed by atoms with E-state index in [0.717, 1.165) is 37.4 Å². The SMILES string of the molecule is c1ccc2nc(CNC3CCCOC3)ccc2c1. The monoisotopic (exact) mass is 242 g/mol. The third-order valence-corrected chi connectivity index (χ3v) is 3.39. The summed E-state index contributed by atoms with van der Waals surface area (Å²) in [4.78, 5) is 4.66. The third-order valence-electron chi connectivity index (χ3n) is 3.39. The van der Waals surface area contributed by atoms with Crippen LogP contribution in [0.5, 0.6) is 0 Å². The molecule has 0 spiro atoms. The van der Waals surface area contributed by atoms with Crippen LogP contribution >= 0.6 is 0 Å². The first-order chi connectivity index (χ1) is 8.92. The van der Waals surface area contributed by atoms with E-state index in [1.165, 1.54) is 11.8 Å². The van der Waals surface area contributed by atoms with Gasteiger partial charge >= 0.3 is 0 Å². The number of pyridine rings is 1. The molecular weight excluding hydrogens is 224 g/mol. The Morgan fingerprint density at radius 1 is 1.22 bits per heavy atom. The number of para-hydroxylation sites is 1. The van der Waals surface area contributed by atoms with E-state index in [-0.39, 0.29) is 0 Å². The van der Waals surface area contributed by atoms with Crippen molar-refractivity contribution in [1.82, 2.24) is 10.3 Å². The molecule has 1 N–H and O–H groups in total. The molecule has 1 aromatic carbocycles. The van der Waals surface area contributed by atoms with Crippen molar-refractivity contribution in [2.24, 2.45) is 0 Å². The van der Waals surface area contributed by atoms with Gasteiger partial charge in [-0.1, -0.05) is 24.3 Å². The number of aromatic nitrogens is 1. The maximum absolute atomic E-state index is 5.46. The quantitative estimate of drug-likeness (QED) is 0.898. The molecule has 1 unspecified atom stereocenters. The van der Waals surface area contributed by atoms with E-state index in [9.17, 15) is 0 Å². The highest BCUT2D eigenvalue weighted by Crippen LogP contribution is 2.12. The molecule has 2 aromatic rings. The van der Waals surface area contributed by atoms with Gasteiger partial charge in [0.15, 0.2) is 0 Å². The predicted molar refractivity (Wildman–Crippen MR) is 72.4 cm³/mol. The lowest BCUT2D eigenvalue weighted by atomic mass is 10.1. The van der Waals surface area contributed by atoms with E-state index in [0.29, 0.717) is 6.04 Å². The Hall–Kier alpha value is -1.45. The van der Waals surface area contributed by atoms with Crippen LogP contribution in [0, 0.1) is 0 Å². The topological polar surface area (TPSA) is 34.2 Å². The van der Waals surface area contributed by atoms with Gasteiger partial charge in [-0.15, -0.1) is 0 Å². The van der Waals surface area contributed by atoms with Crippen LogP contribution in [0.4, 0.5) is 0 Å². The van der Waals surface area contributed by atoms with Crippen LogP contribution in [0.25, 0.3) is 10.9 Å². The van der Waals surface area contributed by atoms with Crippen molar-refractivity contribution in [3.05, 3.63) is 42.1 Å². The van der Waals surface area contributed by atoms with Crippen molar-refractivity contribution in [3.8, 4) is 0 Å². The molecule has 94 valence electrons. The summed E-state index contributed by atoms with van der Waals surface area (Å²) in [6.45, 7) is 2.55. The molecule has 18 heavy (non-hydrogen) atoms. The Morgan fingerprint density at radius 3 is 3.06 bits per heavy atom. The number of fused-ring (bicyclic) bond motifs is 1. The van der Waals surface area contributed by atoms with Crippen LogP contribution in [-0.4, -0.2) is 24.2 Å². The number of nitrogens with one attached hydrogen (secondary N) is 1. The summed E-state index contributed by atoms with van der Waals surface area (Å²) in [6, 6.07) is 12.9. The Kier molecular flexibility index (Phi) is 3.53. The average molecular weight is 242 g/mol. The lowest BCUT2D eigenvalue weighted by Gasteiger charge is -2.23.